The molecule has 0 radical (unpaired) electrons. The van der Waals surface area contributed by atoms with Crippen molar-refractivity contribution in [1.82, 2.24) is 25.4 Å². The number of amides is 3. The average molecular weight is 682 g/mol. The van der Waals surface area contributed by atoms with Gasteiger partial charge in [-0.15, -0.1) is 11.3 Å². The van der Waals surface area contributed by atoms with Crippen LogP contribution in [-0.4, -0.2) is 95.9 Å². The zero-order chi connectivity index (χ0) is 34.0. The highest BCUT2D eigenvalue weighted by molar-refractivity contribution is 7.09. The van der Waals surface area contributed by atoms with Crippen LogP contribution in [0.25, 0.3) is 0 Å². The first-order chi connectivity index (χ1) is 22.9. The van der Waals surface area contributed by atoms with Crippen molar-refractivity contribution >= 4 is 41.0 Å². The van der Waals surface area contributed by atoms with Gasteiger partial charge in [-0.2, -0.15) is 0 Å². The fourth-order valence-corrected chi connectivity index (χ4v) is 12.3. The topological polar surface area (TPSA) is 147 Å². The number of likely N-dealkylation sites (tertiary alicyclic amines) is 1. The summed E-state index contributed by atoms with van der Waals surface area (Å²) in [4.78, 5) is 74.0. The highest BCUT2D eigenvalue weighted by atomic mass is 32.1. The molecule has 7 saturated carbocycles. The van der Waals surface area contributed by atoms with E-state index in [9.17, 15) is 24.0 Å². The number of thiazole rings is 1. The number of aromatic nitrogens is 1. The van der Waals surface area contributed by atoms with Gasteiger partial charge < -0.3 is 25.0 Å². The minimum Gasteiger partial charge on any atom is -0.469 e. The number of nitrogens with one attached hydrogen (secondary N) is 2. The van der Waals surface area contributed by atoms with Gasteiger partial charge in [0.25, 0.3) is 5.91 Å². The summed E-state index contributed by atoms with van der Waals surface area (Å²) < 4.78 is 10.9. The van der Waals surface area contributed by atoms with Crippen molar-refractivity contribution in [3.63, 3.8) is 0 Å². The van der Waals surface area contributed by atoms with Gasteiger partial charge in [0.1, 0.15) is 16.7 Å². The van der Waals surface area contributed by atoms with Gasteiger partial charge >= 0.3 is 11.9 Å². The summed E-state index contributed by atoms with van der Waals surface area (Å²) in [5.41, 5.74) is -0.167. The van der Waals surface area contributed by atoms with E-state index in [0.717, 1.165) is 38.6 Å². The van der Waals surface area contributed by atoms with Crippen molar-refractivity contribution in [2.75, 3.05) is 27.7 Å². The van der Waals surface area contributed by atoms with Gasteiger partial charge in [0.2, 0.25) is 11.8 Å². The van der Waals surface area contributed by atoms with Crippen LogP contribution in [0.15, 0.2) is 5.38 Å². The zero-order valence-electron chi connectivity index (χ0n) is 28.6. The van der Waals surface area contributed by atoms with E-state index in [1.54, 1.807) is 17.3 Å². The van der Waals surface area contributed by atoms with Gasteiger partial charge in [-0.25, -0.2) is 4.98 Å². The van der Waals surface area contributed by atoms with E-state index in [-0.39, 0.29) is 58.6 Å². The van der Waals surface area contributed by atoms with E-state index >= 15 is 0 Å². The van der Waals surface area contributed by atoms with Crippen LogP contribution in [-0.2, 0) is 28.7 Å². The lowest BCUT2D eigenvalue weighted by atomic mass is 8.94. The molecule has 2 N–H and O–H groups in total. The zero-order valence-corrected chi connectivity index (χ0v) is 29.4. The molecule has 48 heavy (non-hydrogen) atoms. The second-order valence-electron chi connectivity index (χ2n) is 15.9. The molecule has 0 spiro atoms. The van der Waals surface area contributed by atoms with Gasteiger partial charge in [0, 0.05) is 31.8 Å². The Morgan fingerprint density at radius 2 is 1.73 bits per heavy atom. The number of likely N-dealkylation sites (N-methyl/N-ethyl adjacent to an activating group) is 2. The summed E-state index contributed by atoms with van der Waals surface area (Å²) in [5.74, 6) is 1.26. The van der Waals surface area contributed by atoms with Gasteiger partial charge in [0.05, 0.1) is 24.1 Å². The first-order valence-electron chi connectivity index (χ1n) is 17.7. The normalized spacial score (nSPS) is 37.9. The van der Waals surface area contributed by atoms with Crippen molar-refractivity contribution in [3.8, 4) is 0 Å². The quantitative estimate of drug-likeness (QED) is 0.300. The van der Waals surface area contributed by atoms with Crippen LogP contribution in [0.1, 0.15) is 80.9 Å². The number of esters is 2. The summed E-state index contributed by atoms with van der Waals surface area (Å²) in [6, 6.07) is -1.13. The number of rotatable bonds is 13. The minimum absolute atomic E-state index is 0.0156. The van der Waals surface area contributed by atoms with E-state index in [1.807, 2.05) is 20.9 Å². The highest BCUT2D eigenvalue weighted by Gasteiger charge is 3.12. The van der Waals surface area contributed by atoms with Crippen molar-refractivity contribution in [2.45, 2.75) is 89.1 Å². The van der Waals surface area contributed by atoms with Gasteiger partial charge in [-0.1, -0.05) is 20.3 Å². The van der Waals surface area contributed by atoms with Crippen LogP contribution >= 0.6 is 11.3 Å². The summed E-state index contributed by atoms with van der Waals surface area (Å²) >= 11 is 1.27. The Labute approximate surface area is 285 Å². The molecule has 13 heteroatoms. The van der Waals surface area contributed by atoms with E-state index < -0.39 is 18.1 Å². The molecule has 8 aliphatic rings. The Balaban J connectivity index is 0.935. The molecule has 3 amide bonds. The molecule has 8 fully saturated rings. The average Bonchev–Trinajstić information content (AvgIpc) is 3.79. The predicted molar refractivity (Wildman–Crippen MR) is 173 cm³/mol. The molecule has 0 bridgehead atoms. The molecule has 260 valence electrons. The second kappa shape index (κ2) is 11.0. The maximum atomic E-state index is 14.0. The lowest BCUT2D eigenvalue weighted by molar-refractivity contribution is -0.609. The predicted octanol–water partition coefficient (Wildman–Crippen LogP) is 2.39. The van der Waals surface area contributed by atoms with Crippen molar-refractivity contribution in [1.29, 1.82) is 0 Å². The molecule has 9 rings (SSSR count). The Kier molecular flexibility index (Phi) is 7.35. The van der Waals surface area contributed by atoms with Crippen LogP contribution in [0.2, 0.25) is 0 Å². The number of carbonyl (C=O) groups excluding carboxylic acids is 5. The fraction of sp³-hybridized carbons (Fsp3) is 0.771. The fourth-order valence-electron chi connectivity index (χ4n) is 11.5. The lowest BCUT2D eigenvalue weighted by Crippen LogP contribution is -3.16. The Morgan fingerprint density at radius 3 is 2.29 bits per heavy atom. The lowest BCUT2D eigenvalue weighted by Gasteiger charge is -3.09. The van der Waals surface area contributed by atoms with Crippen molar-refractivity contribution in [3.05, 3.63) is 16.1 Å². The van der Waals surface area contributed by atoms with Crippen molar-refractivity contribution < 1.29 is 33.4 Å². The van der Waals surface area contributed by atoms with Crippen LogP contribution in [0, 0.1) is 52.8 Å². The maximum Gasteiger partial charge on any atom is 0.312 e. The number of hydrogen-bond donors (Lipinski definition) is 2. The summed E-state index contributed by atoms with van der Waals surface area (Å²) in [6.45, 7) is 6.27. The molecular weight excluding hydrogens is 634 g/mol. The van der Waals surface area contributed by atoms with E-state index in [1.165, 1.54) is 25.4 Å². The van der Waals surface area contributed by atoms with Gasteiger partial charge in [0.15, 0.2) is 6.10 Å². The first-order valence-corrected chi connectivity index (χ1v) is 18.6. The molecule has 1 aromatic heterocycles. The number of hydrogen-bond acceptors (Lipinski definition) is 10. The maximum absolute atomic E-state index is 14.0. The molecule has 1 aliphatic heterocycles. The van der Waals surface area contributed by atoms with Gasteiger partial charge in [-0.3, -0.25) is 28.9 Å². The monoisotopic (exact) mass is 681 g/mol. The number of nitrogens with zero attached hydrogens (tertiary/aromatic N) is 3. The molecule has 2 heterocycles. The third-order valence-electron chi connectivity index (χ3n) is 13.6. The van der Waals surface area contributed by atoms with E-state index in [4.69, 9.17) is 9.47 Å². The first kappa shape index (κ1) is 32.2. The molecule has 4 atom stereocenters. The molecule has 1 saturated heterocycles. The van der Waals surface area contributed by atoms with Crippen molar-refractivity contribution in [2.24, 2.45) is 52.8 Å². The highest BCUT2D eigenvalue weighted by Crippen LogP contribution is 3.07. The standard InChI is InChI=1S/C35H47N5O7S/c1-15(2)20(40(5)32(44)28(17-10-11-17)37-30(43)19-9-7-8-12-39(19)4)13-21(47-16(3)41)31-36-18(14-48-31)29(42)38-35-25-22-26(35)24-27(35)23(25)34(22,24)33(45)46-6/h14-15,17,19-28H,7-13H2,1-6H3,(H,37,43)(H,38,42)/t19-,20-,21-,22?,23?,24?,25?,26?,27?,28+,34?,35?/m1/s1. The van der Waals surface area contributed by atoms with Crippen LogP contribution in [0.4, 0.5) is 0 Å². The van der Waals surface area contributed by atoms with Gasteiger partial charge in [-0.05, 0) is 86.6 Å². The third-order valence-corrected chi connectivity index (χ3v) is 14.6. The van der Waals surface area contributed by atoms with Crippen LogP contribution in [0.3, 0.4) is 0 Å². The molecule has 0 aromatic carbocycles. The smallest absolute Gasteiger partial charge is 0.312 e. The number of piperidine rings is 1. The third kappa shape index (κ3) is 4.03. The number of methoxy groups -OCH3 is 1. The van der Waals surface area contributed by atoms with Crippen LogP contribution in [0.5, 0.6) is 0 Å². The molecular formula is C35H47N5O7S. The SMILES string of the molecule is COC(=O)C12C3C4C1C1C2C3C41NC(=O)c1csc([C@@H](C[C@H](C(C)C)N(C)C(=O)[C@@H](NC(=O)[C@H]2CCCCN2C)C2CC2)OC(C)=O)n1. The Hall–Kier alpha value is -3.06. The van der Waals surface area contributed by atoms with E-state index in [2.05, 4.69) is 20.5 Å². The second-order valence-corrected chi connectivity index (χ2v) is 16.8. The molecule has 7 aliphatic carbocycles. The Bertz CT molecular complexity index is 1520. The van der Waals surface area contributed by atoms with Crippen LogP contribution < -0.4 is 10.6 Å². The summed E-state index contributed by atoms with van der Waals surface area (Å²) in [7, 11) is 5.19. The van der Waals surface area contributed by atoms with E-state index in [0.29, 0.717) is 52.6 Å². The Morgan fingerprint density at radius 1 is 1.06 bits per heavy atom. The number of carbonyl (C=O) groups is 5. The number of ether oxygens (including phenoxy) is 2. The largest absolute Gasteiger partial charge is 0.469 e. The minimum atomic E-state index is -0.746. The summed E-state index contributed by atoms with van der Waals surface area (Å²) in [6.07, 6.45) is 4.22. The molecule has 12 nitrogen and oxygen atoms in total. The summed E-state index contributed by atoms with van der Waals surface area (Å²) in [5, 5.41) is 8.63. The molecule has 1 aromatic rings. The molecule has 0 unspecified atom stereocenters.